The smallest absolute Gasteiger partial charge is 0.204 e. The van der Waals surface area contributed by atoms with Crippen molar-refractivity contribution in [2.24, 2.45) is 0 Å². The highest BCUT2D eigenvalue weighted by atomic mass is 127. The lowest BCUT2D eigenvalue weighted by molar-refractivity contribution is 0.133. The molecule has 0 aliphatic carbocycles. The second kappa shape index (κ2) is 11.0. The van der Waals surface area contributed by atoms with E-state index in [4.69, 9.17) is 18.9 Å². The molecule has 0 saturated heterocycles. The minimum Gasteiger partial charge on any atom is -0.492 e. The van der Waals surface area contributed by atoms with Gasteiger partial charge in [-0.15, -0.1) is 0 Å². The molecule has 4 nitrogen and oxygen atoms in total. The fourth-order valence-electron chi connectivity index (χ4n) is 2.18. The zero-order valence-electron chi connectivity index (χ0n) is 13.8. The lowest BCUT2D eigenvalue weighted by Gasteiger charge is -2.23. The maximum absolute atomic E-state index is 6.10. The summed E-state index contributed by atoms with van der Waals surface area (Å²) in [5, 5.41) is 0. The fourth-order valence-corrected chi connectivity index (χ4v) is 3.57. The van der Waals surface area contributed by atoms with Crippen LogP contribution in [0.5, 0.6) is 17.2 Å². The summed E-state index contributed by atoms with van der Waals surface area (Å²) >= 11 is 7.30. The predicted molar refractivity (Wildman–Crippen MR) is 124 cm³/mol. The molecule has 1 aromatic rings. The first kappa shape index (κ1) is 22.2. The third-order valence-electron chi connectivity index (χ3n) is 3.05. The Labute approximate surface area is 176 Å². The van der Waals surface area contributed by atoms with E-state index in [0.717, 1.165) is 29.0 Å². The molecule has 0 bridgehead atoms. The molecule has 0 saturated carbocycles. The number of hydrogen-bond acceptors (Lipinski definition) is 4. The molecule has 0 unspecified atom stereocenters. The Morgan fingerprint density at radius 2 is 1.70 bits per heavy atom. The summed E-state index contributed by atoms with van der Waals surface area (Å²) in [6.07, 6.45) is 0.852. The van der Waals surface area contributed by atoms with E-state index in [9.17, 15) is 0 Å². The molecular formula is C15H23I3O4S. The van der Waals surface area contributed by atoms with Gasteiger partial charge in [0.1, 0.15) is 5.94 Å². The Bertz CT molecular complexity index is 506. The van der Waals surface area contributed by atoms with Crippen molar-refractivity contribution in [3.63, 3.8) is 0 Å². The second-order valence-electron chi connectivity index (χ2n) is 4.56. The van der Waals surface area contributed by atoms with Crippen LogP contribution in [0.3, 0.4) is 0 Å². The van der Waals surface area contributed by atoms with Crippen LogP contribution in [-0.4, -0.2) is 26.3 Å². The van der Waals surface area contributed by atoms with Gasteiger partial charge in [-0.3, -0.25) is 0 Å². The summed E-state index contributed by atoms with van der Waals surface area (Å²) in [6.45, 7) is 7.89. The van der Waals surface area contributed by atoms with Gasteiger partial charge in [-0.2, -0.15) is 0 Å². The molecule has 23 heavy (non-hydrogen) atoms. The molecule has 8 heteroatoms. The number of ether oxygens (including phenoxy) is 4. The average Bonchev–Trinajstić information content (AvgIpc) is 2.50. The third kappa shape index (κ3) is 7.10. The minimum absolute atomic E-state index is 0.552. The van der Waals surface area contributed by atoms with Crippen LogP contribution >= 0.6 is 65.2 Å². The van der Waals surface area contributed by atoms with E-state index in [0.29, 0.717) is 31.5 Å². The van der Waals surface area contributed by atoms with Gasteiger partial charge in [-0.25, -0.2) is 0 Å². The van der Waals surface area contributed by atoms with Crippen LogP contribution < -0.4 is 14.2 Å². The lowest BCUT2D eigenvalue weighted by atomic mass is 10.0. The van der Waals surface area contributed by atoms with Crippen molar-refractivity contribution in [2.45, 2.75) is 33.8 Å². The molecule has 0 radical (unpaired) electrons. The lowest BCUT2D eigenvalue weighted by Crippen LogP contribution is -2.07. The normalized spacial score (nSPS) is 12.1. The highest BCUT2D eigenvalue weighted by molar-refractivity contribution is 14.5. The van der Waals surface area contributed by atoms with Crippen molar-refractivity contribution in [1.29, 1.82) is 0 Å². The maximum Gasteiger partial charge on any atom is 0.204 e. The fraction of sp³-hybridized carbons (Fsp3) is 0.600. The molecule has 134 valence electrons. The molecular weight excluding hydrogens is 657 g/mol. The van der Waals surface area contributed by atoms with Gasteiger partial charge in [0.25, 0.3) is 0 Å². The van der Waals surface area contributed by atoms with Crippen LogP contribution in [-0.2, 0) is 17.8 Å². The predicted octanol–water partition coefficient (Wildman–Crippen LogP) is 6.38. The molecule has 0 heterocycles. The summed E-state index contributed by atoms with van der Waals surface area (Å²) in [6, 6.07) is 2.03. The number of halogens is 3. The van der Waals surface area contributed by atoms with Gasteiger partial charge in [-0.05, 0) is 97.1 Å². The first-order valence-corrected chi connectivity index (χ1v) is 16.8. The van der Waals surface area contributed by atoms with Crippen molar-refractivity contribution in [3.8, 4) is 17.2 Å². The Morgan fingerprint density at radius 1 is 1.00 bits per heavy atom. The largest absolute Gasteiger partial charge is 0.492 e. The molecule has 0 aliphatic heterocycles. The van der Waals surface area contributed by atoms with Crippen molar-refractivity contribution in [2.75, 3.05) is 26.3 Å². The van der Waals surface area contributed by atoms with Crippen molar-refractivity contribution >= 4 is 65.2 Å². The highest BCUT2D eigenvalue weighted by Crippen LogP contribution is 2.71. The highest BCUT2D eigenvalue weighted by Gasteiger charge is 2.23. The second-order valence-corrected chi connectivity index (χ2v) is 34.5. The van der Waals surface area contributed by atoms with E-state index < -0.39 is 1.54 Å². The van der Waals surface area contributed by atoms with Crippen LogP contribution in [0.4, 0.5) is 0 Å². The Balaban J connectivity index is 3.33. The van der Waals surface area contributed by atoms with E-state index in [1.165, 1.54) is 0 Å². The quantitative estimate of drug-likeness (QED) is 0.269. The van der Waals surface area contributed by atoms with Crippen LogP contribution in [0.15, 0.2) is 6.07 Å². The first-order valence-electron chi connectivity index (χ1n) is 7.33. The summed E-state index contributed by atoms with van der Waals surface area (Å²) in [5.74, 6) is 2.83. The summed E-state index contributed by atoms with van der Waals surface area (Å²) in [7, 11) is 1.68. The number of benzene rings is 1. The number of hydrogen-bond donors (Lipinski definition) is 0. The number of methoxy groups -OCH3 is 1. The van der Waals surface area contributed by atoms with Gasteiger partial charge in [0.2, 0.25) is 5.75 Å². The molecule has 1 aromatic carbocycles. The SMILES string of the molecule is CCOCc1cc(OCC)c(OCS(I)(I)I)c(OC)c1CC. The van der Waals surface area contributed by atoms with Crippen LogP contribution in [0, 0.1) is 0 Å². The summed E-state index contributed by atoms with van der Waals surface area (Å²) < 4.78 is 22.3. The van der Waals surface area contributed by atoms with Gasteiger partial charge in [-0.1, -0.05) is 6.92 Å². The molecule has 0 spiro atoms. The topological polar surface area (TPSA) is 36.9 Å². The molecule has 0 amide bonds. The van der Waals surface area contributed by atoms with Gasteiger partial charge in [0.05, 0.1) is 20.3 Å². The molecule has 0 aromatic heterocycles. The van der Waals surface area contributed by atoms with E-state index in [1.807, 2.05) is 19.9 Å². The standard InChI is InChI=1S/C15H23I3O4S/c1-5-12-11(9-20-6-2)8-13(21-7-3)15(14(12)19-4)22-10-23(16,17)18/h8H,5-7,9-10H2,1-4H3. The van der Waals surface area contributed by atoms with Gasteiger partial charge in [0, 0.05) is 12.2 Å². The van der Waals surface area contributed by atoms with E-state index in [-0.39, 0.29) is 0 Å². The first-order chi connectivity index (χ1) is 10.9. The number of rotatable bonds is 10. The molecule has 0 N–H and O–H groups in total. The maximum atomic E-state index is 6.10. The minimum atomic E-state index is -0.871. The monoisotopic (exact) mass is 680 g/mol. The molecule has 0 fully saturated rings. The summed E-state index contributed by atoms with van der Waals surface area (Å²) in [4.78, 5) is 0. The summed E-state index contributed by atoms with van der Waals surface area (Å²) in [5.41, 5.74) is 2.22. The van der Waals surface area contributed by atoms with Gasteiger partial charge < -0.3 is 18.9 Å². The Morgan fingerprint density at radius 3 is 2.17 bits per heavy atom. The van der Waals surface area contributed by atoms with Gasteiger partial charge >= 0.3 is 0 Å². The van der Waals surface area contributed by atoms with Crippen molar-refractivity contribution < 1.29 is 18.9 Å². The average molecular weight is 680 g/mol. The van der Waals surface area contributed by atoms with E-state index >= 15 is 0 Å². The van der Waals surface area contributed by atoms with Crippen molar-refractivity contribution in [3.05, 3.63) is 17.2 Å². The third-order valence-corrected chi connectivity index (χ3v) is 5.73. The van der Waals surface area contributed by atoms with Crippen LogP contribution in [0.2, 0.25) is 0 Å². The molecule has 0 atom stereocenters. The van der Waals surface area contributed by atoms with Crippen LogP contribution in [0.1, 0.15) is 31.9 Å². The van der Waals surface area contributed by atoms with E-state index in [1.54, 1.807) is 7.11 Å². The van der Waals surface area contributed by atoms with Crippen molar-refractivity contribution in [1.82, 2.24) is 0 Å². The zero-order chi connectivity index (χ0) is 17.5. The Kier molecular flexibility index (Phi) is 10.6. The van der Waals surface area contributed by atoms with E-state index in [2.05, 4.69) is 70.5 Å². The van der Waals surface area contributed by atoms with Gasteiger partial charge in [0.15, 0.2) is 11.5 Å². The molecule has 1 rings (SSSR count). The Hall–Kier alpha value is 1.12. The molecule has 0 aliphatic rings. The zero-order valence-corrected chi connectivity index (χ0v) is 21.1. The van der Waals surface area contributed by atoms with Crippen LogP contribution in [0.25, 0.3) is 0 Å².